The summed E-state index contributed by atoms with van der Waals surface area (Å²) in [5.41, 5.74) is 0. The Morgan fingerprint density at radius 1 is 1.24 bits per heavy atom. The summed E-state index contributed by atoms with van der Waals surface area (Å²) in [6.45, 7) is 3.84. The molecular formula is C6H14O9P2. The van der Waals surface area contributed by atoms with Crippen molar-refractivity contribution >= 4 is 15.6 Å². The van der Waals surface area contributed by atoms with Crippen molar-refractivity contribution in [2.45, 2.75) is 19.1 Å². The van der Waals surface area contributed by atoms with E-state index >= 15 is 0 Å². The molecule has 0 aromatic rings. The van der Waals surface area contributed by atoms with Crippen molar-refractivity contribution in [2.75, 3.05) is 6.61 Å². The second-order valence-corrected chi connectivity index (χ2v) is 5.36. The quantitative estimate of drug-likeness (QED) is 0.362. The van der Waals surface area contributed by atoms with Gasteiger partial charge in [-0.25, -0.2) is 9.13 Å². The summed E-state index contributed by atoms with van der Waals surface area (Å²) in [5.74, 6) is 0. The minimum Gasteiger partial charge on any atom is -0.496 e. The molecule has 17 heavy (non-hydrogen) atoms. The summed E-state index contributed by atoms with van der Waals surface area (Å²) >= 11 is 0. The molecule has 0 aromatic heterocycles. The lowest BCUT2D eigenvalue weighted by Crippen LogP contribution is -2.31. The molecule has 0 aromatic carbocycles. The Balaban J connectivity index is 4.56. The van der Waals surface area contributed by atoms with Crippen molar-refractivity contribution in [1.82, 2.24) is 0 Å². The Bertz CT molecular complexity index is 330. The molecule has 0 spiro atoms. The van der Waals surface area contributed by atoms with Gasteiger partial charge in [0.05, 0.1) is 12.9 Å². The molecule has 9 nitrogen and oxygen atoms in total. The van der Waals surface area contributed by atoms with Crippen LogP contribution >= 0.6 is 15.6 Å². The highest BCUT2D eigenvalue weighted by molar-refractivity contribution is 7.46. The van der Waals surface area contributed by atoms with Gasteiger partial charge in [0, 0.05) is 0 Å². The smallest absolute Gasteiger partial charge is 0.470 e. The zero-order valence-electron chi connectivity index (χ0n) is 8.87. The number of phosphoric acid groups is 2. The zero-order chi connectivity index (χ0) is 13.7. The van der Waals surface area contributed by atoms with E-state index in [0.29, 0.717) is 0 Å². The molecule has 0 rings (SSSR count). The average molecular weight is 292 g/mol. The van der Waals surface area contributed by atoms with E-state index in [1.54, 1.807) is 0 Å². The van der Waals surface area contributed by atoms with Crippen LogP contribution in [0.3, 0.4) is 0 Å². The van der Waals surface area contributed by atoms with Crippen LogP contribution in [0.5, 0.6) is 0 Å². The molecule has 0 heterocycles. The van der Waals surface area contributed by atoms with E-state index < -0.39 is 34.5 Å². The lowest BCUT2D eigenvalue weighted by molar-refractivity contribution is -0.0116. The first-order chi connectivity index (χ1) is 7.55. The standard InChI is InChI=1S/C6H14O9P2/c1-3-13-5(2)6(15-17(10,11)12)4-14-16(7,8)9/h3,5-6H,1,4H2,2H3,(H2,7,8,9)(H2,10,11,12). The van der Waals surface area contributed by atoms with Gasteiger partial charge in [-0.15, -0.1) is 0 Å². The Hall–Kier alpha value is -0.240. The van der Waals surface area contributed by atoms with Crippen molar-refractivity contribution < 1.29 is 42.5 Å². The van der Waals surface area contributed by atoms with Gasteiger partial charge in [-0.2, -0.15) is 0 Å². The number of ether oxygens (including phenoxy) is 1. The molecule has 0 aliphatic carbocycles. The first-order valence-electron chi connectivity index (χ1n) is 4.25. The predicted octanol–water partition coefficient (Wildman–Crippen LogP) is 0.122. The van der Waals surface area contributed by atoms with Crippen LogP contribution in [-0.2, 0) is 22.9 Å². The predicted molar refractivity (Wildman–Crippen MR) is 55.7 cm³/mol. The van der Waals surface area contributed by atoms with Gasteiger partial charge in [-0.3, -0.25) is 9.05 Å². The summed E-state index contributed by atoms with van der Waals surface area (Å²) in [6.07, 6.45) is -1.27. The maximum absolute atomic E-state index is 10.6. The van der Waals surface area contributed by atoms with Gasteiger partial charge in [-0.05, 0) is 6.92 Å². The highest BCUT2D eigenvalue weighted by atomic mass is 31.2. The van der Waals surface area contributed by atoms with Crippen LogP contribution in [0.1, 0.15) is 6.92 Å². The van der Waals surface area contributed by atoms with Crippen molar-refractivity contribution in [2.24, 2.45) is 0 Å². The molecule has 0 aliphatic heterocycles. The molecule has 2 atom stereocenters. The van der Waals surface area contributed by atoms with Crippen molar-refractivity contribution in [3.8, 4) is 0 Å². The zero-order valence-corrected chi connectivity index (χ0v) is 10.7. The molecule has 4 N–H and O–H groups in total. The van der Waals surface area contributed by atoms with Gasteiger partial charge in [-0.1, -0.05) is 6.58 Å². The van der Waals surface area contributed by atoms with E-state index in [0.717, 1.165) is 6.26 Å². The van der Waals surface area contributed by atoms with Crippen LogP contribution in [-0.4, -0.2) is 38.4 Å². The highest BCUT2D eigenvalue weighted by Crippen LogP contribution is 2.41. The SMILES string of the molecule is C=COC(C)C(COP(=O)(O)O)OP(=O)(O)O. The largest absolute Gasteiger partial charge is 0.496 e. The Labute approximate surface area is 97.5 Å². The fraction of sp³-hybridized carbons (Fsp3) is 0.667. The van der Waals surface area contributed by atoms with Gasteiger partial charge in [0.1, 0.15) is 12.2 Å². The number of phosphoric ester groups is 2. The topological polar surface area (TPSA) is 143 Å². The maximum atomic E-state index is 10.6. The fourth-order valence-corrected chi connectivity index (χ4v) is 1.76. The monoisotopic (exact) mass is 292 g/mol. The minimum atomic E-state index is -4.83. The summed E-state index contributed by atoms with van der Waals surface area (Å²) in [4.78, 5) is 34.1. The van der Waals surface area contributed by atoms with E-state index in [-0.39, 0.29) is 0 Å². The molecule has 0 fully saturated rings. The lowest BCUT2D eigenvalue weighted by Gasteiger charge is -2.23. The van der Waals surface area contributed by atoms with Crippen LogP contribution in [0, 0.1) is 0 Å². The average Bonchev–Trinajstić information content (AvgIpc) is 2.09. The van der Waals surface area contributed by atoms with Crippen molar-refractivity contribution in [1.29, 1.82) is 0 Å². The molecule has 2 unspecified atom stereocenters. The van der Waals surface area contributed by atoms with Crippen LogP contribution in [0.25, 0.3) is 0 Å². The third kappa shape index (κ3) is 9.46. The number of hydrogen-bond donors (Lipinski definition) is 4. The molecular weight excluding hydrogens is 278 g/mol. The normalized spacial score (nSPS) is 16.3. The minimum absolute atomic E-state index is 0.746. The number of hydrogen-bond acceptors (Lipinski definition) is 5. The maximum Gasteiger partial charge on any atom is 0.470 e. The first kappa shape index (κ1) is 16.8. The first-order valence-corrected chi connectivity index (χ1v) is 7.31. The molecule has 11 heteroatoms. The fourth-order valence-electron chi connectivity index (χ4n) is 0.838. The summed E-state index contributed by atoms with van der Waals surface area (Å²) in [7, 11) is -9.59. The third-order valence-corrected chi connectivity index (χ3v) is 2.54. The molecule has 0 aliphatic rings. The summed E-state index contributed by atoms with van der Waals surface area (Å²) < 4.78 is 34.2. The van der Waals surface area contributed by atoms with Crippen molar-refractivity contribution in [3.63, 3.8) is 0 Å². The van der Waals surface area contributed by atoms with E-state index in [4.69, 9.17) is 24.3 Å². The molecule has 0 amide bonds. The van der Waals surface area contributed by atoms with E-state index in [9.17, 15) is 9.13 Å². The second-order valence-electron chi connectivity index (χ2n) is 2.93. The van der Waals surface area contributed by atoms with Crippen LogP contribution in [0.15, 0.2) is 12.8 Å². The summed E-state index contributed by atoms with van der Waals surface area (Å²) in [6, 6.07) is 0. The van der Waals surface area contributed by atoms with Gasteiger partial charge in [0.15, 0.2) is 0 Å². The molecule has 0 bridgehead atoms. The Kier molecular flexibility index (Phi) is 6.53. The van der Waals surface area contributed by atoms with Gasteiger partial charge < -0.3 is 24.3 Å². The van der Waals surface area contributed by atoms with Crippen molar-refractivity contribution in [3.05, 3.63) is 12.8 Å². The molecule has 0 saturated heterocycles. The van der Waals surface area contributed by atoms with Gasteiger partial charge in [0.2, 0.25) is 0 Å². The molecule has 0 saturated carbocycles. The third-order valence-electron chi connectivity index (χ3n) is 1.51. The van der Waals surface area contributed by atoms with Gasteiger partial charge in [0.25, 0.3) is 0 Å². The number of rotatable bonds is 8. The Morgan fingerprint density at radius 3 is 2.12 bits per heavy atom. The van der Waals surface area contributed by atoms with E-state index in [2.05, 4.69) is 15.6 Å². The summed E-state index contributed by atoms with van der Waals surface area (Å²) in [5, 5.41) is 0. The Morgan fingerprint density at radius 2 is 1.76 bits per heavy atom. The van der Waals surface area contributed by atoms with Gasteiger partial charge >= 0.3 is 15.6 Å². The molecule has 0 radical (unpaired) electrons. The molecule has 102 valence electrons. The van der Waals surface area contributed by atoms with Crippen LogP contribution < -0.4 is 0 Å². The highest BCUT2D eigenvalue weighted by Gasteiger charge is 2.30. The van der Waals surface area contributed by atoms with E-state index in [1.165, 1.54) is 6.92 Å². The van der Waals surface area contributed by atoms with Crippen LogP contribution in [0.4, 0.5) is 0 Å². The van der Waals surface area contributed by atoms with Crippen LogP contribution in [0.2, 0.25) is 0 Å². The lowest BCUT2D eigenvalue weighted by atomic mass is 10.2. The second kappa shape index (κ2) is 6.63. The van der Waals surface area contributed by atoms with E-state index in [1.807, 2.05) is 0 Å².